The summed E-state index contributed by atoms with van der Waals surface area (Å²) in [5.41, 5.74) is 0.965. The van der Waals surface area contributed by atoms with Crippen LogP contribution in [0.4, 0.5) is 5.82 Å². The lowest BCUT2D eigenvalue weighted by Crippen LogP contribution is -2.08. The molecule has 0 saturated carbocycles. The number of aromatic nitrogens is 1. The maximum absolute atomic E-state index is 11.4. The smallest absolute Gasteiger partial charge is 0.243 e. The average Bonchev–Trinajstić information content (AvgIpc) is 2.40. The van der Waals surface area contributed by atoms with Crippen molar-refractivity contribution < 1.29 is 4.79 Å². The molecule has 1 amide bonds. The third-order valence-electron chi connectivity index (χ3n) is 1.88. The van der Waals surface area contributed by atoms with Crippen LogP contribution in [-0.2, 0) is 4.79 Å². The first-order valence-corrected chi connectivity index (χ1v) is 5.79. The summed E-state index contributed by atoms with van der Waals surface area (Å²) in [5.74, 6) is 0.709. The van der Waals surface area contributed by atoms with Crippen molar-refractivity contribution in [3.8, 4) is 0 Å². The lowest BCUT2D eigenvalue weighted by atomic mass is 10.2. The third-order valence-corrected chi connectivity index (χ3v) is 3.25. The minimum Gasteiger partial charge on any atom is -0.309 e. The highest BCUT2D eigenvalue weighted by Crippen LogP contribution is 2.38. The predicted molar refractivity (Wildman–Crippen MR) is 56.8 cm³/mol. The molecule has 0 aromatic carbocycles. The van der Waals surface area contributed by atoms with Crippen LogP contribution in [0.1, 0.15) is 10.8 Å². The fraction of sp³-hybridized carbons (Fsp3) is 0.250. The van der Waals surface area contributed by atoms with Crippen LogP contribution < -0.4 is 5.32 Å². The number of nitrogens with one attached hydrogen (secondary N) is 1. The molecule has 0 unspecified atom stereocenters. The topological polar surface area (TPSA) is 42.0 Å². The second-order valence-electron chi connectivity index (χ2n) is 2.70. The molecule has 0 bridgehead atoms. The van der Waals surface area contributed by atoms with Crippen molar-refractivity contribution in [3.63, 3.8) is 0 Å². The van der Waals surface area contributed by atoms with Crippen LogP contribution >= 0.6 is 27.7 Å². The number of hydrogen-bond donors (Lipinski definition) is 1. The van der Waals surface area contributed by atoms with E-state index in [0.29, 0.717) is 5.82 Å². The van der Waals surface area contributed by atoms with Gasteiger partial charge in [-0.25, -0.2) is 4.98 Å². The van der Waals surface area contributed by atoms with Gasteiger partial charge in [0, 0.05) is 16.2 Å². The molecule has 13 heavy (non-hydrogen) atoms. The van der Waals surface area contributed by atoms with Crippen LogP contribution in [0.5, 0.6) is 0 Å². The van der Waals surface area contributed by atoms with Crippen molar-refractivity contribution in [2.45, 2.75) is 5.25 Å². The van der Waals surface area contributed by atoms with Crippen molar-refractivity contribution in [3.05, 3.63) is 22.3 Å². The van der Waals surface area contributed by atoms with Crippen LogP contribution in [0.2, 0.25) is 0 Å². The van der Waals surface area contributed by atoms with Crippen molar-refractivity contribution in [1.29, 1.82) is 0 Å². The van der Waals surface area contributed by atoms with Gasteiger partial charge in [0.05, 0.1) is 0 Å². The number of halogens is 1. The predicted octanol–water partition coefficient (Wildman–Crippen LogP) is 2.20. The van der Waals surface area contributed by atoms with Gasteiger partial charge >= 0.3 is 0 Å². The number of amides is 1. The summed E-state index contributed by atoms with van der Waals surface area (Å²) in [6.07, 6.45) is 3.60. The highest BCUT2D eigenvalue weighted by Gasteiger charge is 2.30. The molecule has 1 atom stereocenters. The SMILES string of the molecule is CS[C@@H]1C(=O)Nc2ncc(Br)cc21. The lowest BCUT2D eigenvalue weighted by molar-refractivity contribution is -0.115. The second-order valence-corrected chi connectivity index (χ2v) is 4.55. The molecule has 0 aliphatic carbocycles. The van der Waals surface area contributed by atoms with E-state index in [-0.39, 0.29) is 11.2 Å². The maximum atomic E-state index is 11.4. The quantitative estimate of drug-likeness (QED) is 0.840. The summed E-state index contributed by atoms with van der Waals surface area (Å²) in [4.78, 5) is 15.5. The van der Waals surface area contributed by atoms with Crippen LogP contribution in [0.25, 0.3) is 0 Å². The number of fused-ring (bicyclic) bond motifs is 1. The van der Waals surface area contributed by atoms with Crippen molar-refractivity contribution >= 4 is 39.4 Å². The summed E-state index contributed by atoms with van der Waals surface area (Å²) >= 11 is 4.85. The largest absolute Gasteiger partial charge is 0.309 e. The zero-order valence-electron chi connectivity index (χ0n) is 6.87. The molecule has 2 rings (SSSR count). The normalized spacial score (nSPS) is 19.8. The maximum Gasteiger partial charge on any atom is 0.243 e. The highest BCUT2D eigenvalue weighted by molar-refractivity contribution is 9.10. The van der Waals surface area contributed by atoms with Crippen LogP contribution in [-0.4, -0.2) is 17.1 Å². The molecule has 3 nitrogen and oxygen atoms in total. The van der Waals surface area contributed by atoms with Gasteiger partial charge in [-0.1, -0.05) is 0 Å². The molecule has 2 heterocycles. The zero-order valence-corrected chi connectivity index (χ0v) is 9.28. The monoisotopic (exact) mass is 258 g/mol. The second kappa shape index (κ2) is 3.31. The van der Waals surface area contributed by atoms with Crippen LogP contribution in [0, 0.1) is 0 Å². The molecule has 0 saturated heterocycles. The van der Waals surface area contributed by atoms with Gasteiger partial charge in [0.25, 0.3) is 0 Å². The van der Waals surface area contributed by atoms with Gasteiger partial charge in [0.1, 0.15) is 11.1 Å². The van der Waals surface area contributed by atoms with Gasteiger partial charge in [-0.2, -0.15) is 0 Å². The zero-order chi connectivity index (χ0) is 9.42. The standard InChI is InChI=1S/C8H7BrN2OS/c1-13-6-5-2-4(9)3-10-7(5)11-8(6)12/h2-3,6H,1H3,(H,10,11,12)/t6-/m0/s1. The summed E-state index contributed by atoms with van der Waals surface area (Å²) < 4.78 is 0.904. The minimum absolute atomic E-state index is 0.0214. The van der Waals surface area contributed by atoms with Gasteiger partial charge < -0.3 is 5.32 Å². The summed E-state index contributed by atoms with van der Waals surface area (Å²) in [6, 6.07) is 1.93. The molecule has 0 spiro atoms. The fourth-order valence-electron chi connectivity index (χ4n) is 1.32. The first-order chi connectivity index (χ1) is 6.22. The number of hydrogen-bond acceptors (Lipinski definition) is 3. The summed E-state index contributed by atoms with van der Waals surface area (Å²) in [6.45, 7) is 0. The number of carbonyl (C=O) groups excluding carboxylic acids is 1. The van der Waals surface area contributed by atoms with Crippen molar-refractivity contribution in [2.75, 3.05) is 11.6 Å². The van der Waals surface area contributed by atoms with E-state index in [0.717, 1.165) is 10.0 Å². The first kappa shape index (κ1) is 9.02. The van der Waals surface area contributed by atoms with E-state index in [1.165, 1.54) is 11.8 Å². The molecule has 0 radical (unpaired) electrons. The van der Waals surface area contributed by atoms with Gasteiger partial charge in [-0.05, 0) is 28.3 Å². The van der Waals surface area contributed by atoms with Crippen LogP contribution in [0.15, 0.2) is 16.7 Å². The minimum atomic E-state index is -0.111. The average molecular weight is 259 g/mol. The third kappa shape index (κ3) is 1.46. The number of pyridine rings is 1. The Morgan fingerprint density at radius 1 is 1.69 bits per heavy atom. The van der Waals surface area contributed by atoms with Crippen molar-refractivity contribution in [1.82, 2.24) is 4.98 Å². The molecule has 1 N–H and O–H groups in total. The Morgan fingerprint density at radius 3 is 3.15 bits per heavy atom. The Kier molecular flexibility index (Phi) is 2.29. The number of thioether (sulfide) groups is 1. The van der Waals surface area contributed by atoms with E-state index in [1.807, 2.05) is 12.3 Å². The van der Waals surface area contributed by atoms with Crippen molar-refractivity contribution in [2.24, 2.45) is 0 Å². The fourth-order valence-corrected chi connectivity index (χ4v) is 2.37. The molecule has 1 aliphatic rings. The molecule has 1 aromatic rings. The highest BCUT2D eigenvalue weighted by atomic mass is 79.9. The van der Waals surface area contributed by atoms with E-state index in [2.05, 4.69) is 26.2 Å². The Morgan fingerprint density at radius 2 is 2.46 bits per heavy atom. The molecular formula is C8H7BrN2OS. The van der Waals surface area contributed by atoms with Crippen LogP contribution in [0.3, 0.4) is 0 Å². The first-order valence-electron chi connectivity index (χ1n) is 3.71. The Bertz CT molecular complexity index is 369. The molecule has 68 valence electrons. The lowest BCUT2D eigenvalue weighted by Gasteiger charge is -2.02. The molecule has 1 aromatic heterocycles. The summed E-state index contributed by atoms with van der Waals surface area (Å²) in [7, 11) is 0. The van der Waals surface area contributed by atoms with E-state index in [1.54, 1.807) is 6.20 Å². The molecule has 1 aliphatic heterocycles. The van der Waals surface area contributed by atoms with E-state index < -0.39 is 0 Å². The number of carbonyl (C=O) groups is 1. The van der Waals surface area contributed by atoms with Gasteiger partial charge in [-0.15, -0.1) is 11.8 Å². The number of nitrogens with zero attached hydrogens (tertiary/aromatic N) is 1. The summed E-state index contributed by atoms with van der Waals surface area (Å²) in [5, 5.41) is 2.62. The Balaban J connectivity index is 2.50. The Labute approximate surface area is 88.4 Å². The Hall–Kier alpha value is -0.550. The van der Waals surface area contributed by atoms with E-state index >= 15 is 0 Å². The van der Waals surface area contributed by atoms with E-state index in [9.17, 15) is 4.79 Å². The number of anilines is 1. The van der Waals surface area contributed by atoms with Gasteiger partial charge in [0.2, 0.25) is 5.91 Å². The number of rotatable bonds is 1. The van der Waals surface area contributed by atoms with E-state index in [4.69, 9.17) is 0 Å². The van der Waals surface area contributed by atoms with Gasteiger partial charge in [0.15, 0.2) is 0 Å². The molecule has 5 heteroatoms. The molecule has 0 fully saturated rings. The van der Waals surface area contributed by atoms with Gasteiger partial charge in [-0.3, -0.25) is 4.79 Å². The molecular weight excluding hydrogens is 252 g/mol.